The molecule has 162 valence electrons. The van der Waals surface area contributed by atoms with Gasteiger partial charge in [-0.25, -0.2) is 0 Å². The lowest BCUT2D eigenvalue weighted by molar-refractivity contribution is -0.275. The molecule has 31 heavy (non-hydrogen) atoms. The van der Waals surface area contributed by atoms with Crippen LogP contribution in [0.4, 0.5) is 13.2 Å². The molecule has 0 amide bonds. The van der Waals surface area contributed by atoms with E-state index in [1.807, 2.05) is 56.3 Å². The van der Waals surface area contributed by atoms with Gasteiger partial charge < -0.3 is 4.84 Å². The van der Waals surface area contributed by atoms with Crippen LogP contribution in [0.15, 0.2) is 71.4 Å². The summed E-state index contributed by atoms with van der Waals surface area (Å²) in [5, 5.41) is 4.11. The van der Waals surface area contributed by atoms with Crippen LogP contribution >= 0.6 is 23.2 Å². The Morgan fingerprint density at radius 1 is 0.968 bits per heavy atom. The van der Waals surface area contributed by atoms with Crippen molar-refractivity contribution < 1.29 is 18.0 Å². The van der Waals surface area contributed by atoms with Crippen LogP contribution in [0.1, 0.15) is 37.8 Å². The molecule has 2 aromatic rings. The van der Waals surface area contributed by atoms with Crippen molar-refractivity contribution >= 4 is 34.5 Å². The highest BCUT2D eigenvalue weighted by atomic mass is 35.5. The summed E-state index contributed by atoms with van der Waals surface area (Å²) in [7, 11) is 0. The van der Waals surface area contributed by atoms with Crippen molar-refractivity contribution in [2.75, 3.05) is 0 Å². The van der Waals surface area contributed by atoms with Crippen LogP contribution in [0.3, 0.4) is 0 Å². The number of oxime groups is 1. The Morgan fingerprint density at radius 3 is 2.23 bits per heavy atom. The van der Waals surface area contributed by atoms with E-state index in [2.05, 4.69) is 5.16 Å². The first-order valence-corrected chi connectivity index (χ1v) is 10.5. The molecular weight excluding hydrogens is 446 g/mol. The molecule has 0 radical (unpaired) electrons. The number of hydrogen-bond donors (Lipinski definition) is 0. The van der Waals surface area contributed by atoms with E-state index in [0.29, 0.717) is 5.57 Å². The Balaban J connectivity index is 1.74. The second kappa shape index (κ2) is 7.72. The van der Waals surface area contributed by atoms with Crippen LogP contribution in [0, 0.1) is 5.41 Å². The van der Waals surface area contributed by atoms with Crippen molar-refractivity contribution in [2.45, 2.75) is 38.5 Å². The van der Waals surface area contributed by atoms with Crippen molar-refractivity contribution in [1.82, 2.24) is 0 Å². The van der Waals surface area contributed by atoms with E-state index in [1.54, 1.807) is 0 Å². The van der Waals surface area contributed by atoms with E-state index in [1.165, 1.54) is 18.2 Å². The number of hydrogen-bond acceptors (Lipinski definition) is 2. The fourth-order valence-electron chi connectivity index (χ4n) is 4.09. The van der Waals surface area contributed by atoms with Gasteiger partial charge in [0.25, 0.3) is 5.60 Å². The first kappa shape index (κ1) is 22.0. The summed E-state index contributed by atoms with van der Waals surface area (Å²) in [6.45, 7) is 4.10. The molecule has 1 aliphatic heterocycles. The van der Waals surface area contributed by atoms with E-state index < -0.39 is 18.2 Å². The van der Waals surface area contributed by atoms with Gasteiger partial charge in [-0.2, -0.15) is 13.2 Å². The molecule has 1 heterocycles. The summed E-state index contributed by atoms with van der Waals surface area (Å²) in [6, 6.07) is 13.6. The maximum absolute atomic E-state index is 14.3. The fourth-order valence-corrected chi connectivity index (χ4v) is 4.62. The zero-order valence-corrected chi connectivity index (χ0v) is 18.4. The van der Waals surface area contributed by atoms with Crippen LogP contribution in [-0.4, -0.2) is 11.9 Å². The van der Waals surface area contributed by atoms with Crippen LogP contribution in [0.5, 0.6) is 0 Å². The predicted octanol–water partition coefficient (Wildman–Crippen LogP) is 7.97. The van der Waals surface area contributed by atoms with Crippen LogP contribution < -0.4 is 0 Å². The Morgan fingerprint density at radius 2 is 1.61 bits per heavy atom. The predicted molar refractivity (Wildman–Crippen MR) is 118 cm³/mol. The minimum absolute atomic E-state index is 0.104. The van der Waals surface area contributed by atoms with Crippen LogP contribution in [0.25, 0.3) is 5.57 Å². The minimum Gasteiger partial charge on any atom is -0.374 e. The van der Waals surface area contributed by atoms with Crippen molar-refractivity contribution in [3.63, 3.8) is 0 Å². The van der Waals surface area contributed by atoms with Crippen LogP contribution in [-0.2, 0) is 10.4 Å². The molecular formula is C24H20Cl2F3NO. The molecule has 0 saturated carbocycles. The molecule has 2 aromatic carbocycles. The standard InChI is InChI=1S/C24H20Cl2F3NO/c1-22(2)12-16(15-6-4-3-5-7-15)8-17(13-22)21-14-23(31-30-21,24(27,28)29)18-9-19(25)11-20(26)10-18/h3-11,13H,12,14H2,1-2H3/t23-/m1/s1. The van der Waals surface area contributed by atoms with Crippen LogP contribution in [0.2, 0.25) is 10.0 Å². The van der Waals surface area contributed by atoms with Crippen molar-refractivity contribution in [3.05, 3.63) is 87.4 Å². The molecule has 0 unspecified atom stereocenters. The Bertz CT molecular complexity index is 1080. The number of alkyl halides is 3. The lowest BCUT2D eigenvalue weighted by atomic mass is 9.75. The maximum atomic E-state index is 14.3. The van der Waals surface area contributed by atoms with Gasteiger partial charge in [0.2, 0.25) is 0 Å². The van der Waals surface area contributed by atoms with Gasteiger partial charge >= 0.3 is 6.18 Å². The number of nitrogens with zero attached hydrogens (tertiary/aromatic N) is 1. The average Bonchev–Trinajstić information content (AvgIpc) is 3.14. The second-order valence-electron chi connectivity index (χ2n) is 8.59. The molecule has 0 fully saturated rings. The van der Waals surface area contributed by atoms with E-state index >= 15 is 0 Å². The van der Waals surface area contributed by atoms with Gasteiger partial charge in [0, 0.05) is 22.0 Å². The number of rotatable bonds is 3. The van der Waals surface area contributed by atoms with E-state index in [0.717, 1.165) is 17.6 Å². The molecule has 2 aliphatic rings. The quantitative estimate of drug-likeness (QED) is 0.450. The summed E-state index contributed by atoms with van der Waals surface area (Å²) in [6.07, 6.45) is -0.557. The average molecular weight is 466 g/mol. The van der Waals surface area contributed by atoms with Gasteiger partial charge in [0.1, 0.15) is 0 Å². The molecule has 0 bridgehead atoms. The van der Waals surface area contributed by atoms with Gasteiger partial charge in [-0.1, -0.05) is 78.6 Å². The third-order valence-corrected chi connectivity index (χ3v) is 5.95. The highest BCUT2D eigenvalue weighted by Gasteiger charge is 2.62. The smallest absolute Gasteiger partial charge is 0.374 e. The topological polar surface area (TPSA) is 21.6 Å². The third-order valence-electron chi connectivity index (χ3n) is 5.51. The summed E-state index contributed by atoms with van der Waals surface area (Å²) in [4.78, 5) is 5.15. The molecule has 0 N–H and O–H groups in total. The van der Waals surface area contributed by atoms with E-state index in [9.17, 15) is 13.2 Å². The molecule has 2 nitrogen and oxygen atoms in total. The van der Waals surface area contributed by atoms with E-state index in [-0.39, 0.29) is 26.7 Å². The molecule has 1 atom stereocenters. The number of allylic oxidation sites excluding steroid dienone is 4. The highest BCUT2D eigenvalue weighted by Crippen LogP contribution is 2.50. The molecule has 7 heteroatoms. The molecule has 1 aliphatic carbocycles. The summed E-state index contributed by atoms with van der Waals surface area (Å²) in [5.74, 6) is 0. The molecule has 0 aromatic heterocycles. The van der Waals surface area contributed by atoms with Gasteiger partial charge in [-0.05, 0) is 52.8 Å². The second-order valence-corrected chi connectivity index (χ2v) is 9.46. The first-order chi connectivity index (χ1) is 14.5. The van der Waals surface area contributed by atoms with Crippen molar-refractivity contribution in [3.8, 4) is 0 Å². The first-order valence-electron chi connectivity index (χ1n) is 9.77. The molecule has 0 spiro atoms. The van der Waals surface area contributed by atoms with Gasteiger partial charge in [-0.3, -0.25) is 0 Å². The molecule has 0 saturated heterocycles. The van der Waals surface area contributed by atoms with Gasteiger partial charge in [-0.15, -0.1) is 0 Å². The molecule has 4 rings (SSSR count). The largest absolute Gasteiger partial charge is 0.435 e. The van der Waals surface area contributed by atoms with Gasteiger partial charge in [0.15, 0.2) is 0 Å². The Hall–Kier alpha value is -2.24. The Labute approximate surface area is 189 Å². The SMILES string of the molecule is CC1(C)C=C(C2=NO[C@](c3cc(Cl)cc(Cl)c3)(C(F)(F)F)C2)C=C(c2ccccc2)C1. The third kappa shape index (κ3) is 4.26. The Kier molecular flexibility index (Phi) is 5.47. The summed E-state index contributed by atoms with van der Waals surface area (Å²) in [5.41, 5.74) is -0.102. The summed E-state index contributed by atoms with van der Waals surface area (Å²) >= 11 is 12.0. The zero-order chi connectivity index (χ0) is 22.4. The van der Waals surface area contributed by atoms with Gasteiger partial charge in [0.05, 0.1) is 5.71 Å². The lowest BCUT2D eigenvalue weighted by Crippen LogP contribution is -2.42. The number of benzene rings is 2. The highest BCUT2D eigenvalue weighted by molar-refractivity contribution is 6.34. The van der Waals surface area contributed by atoms with Crippen molar-refractivity contribution in [2.24, 2.45) is 10.6 Å². The number of halogens is 5. The van der Waals surface area contributed by atoms with Crippen molar-refractivity contribution in [1.29, 1.82) is 0 Å². The normalized spacial score (nSPS) is 23.0. The fraction of sp³-hybridized carbons (Fsp3) is 0.292. The monoisotopic (exact) mass is 465 g/mol. The maximum Gasteiger partial charge on any atom is 0.435 e. The van der Waals surface area contributed by atoms with E-state index in [4.69, 9.17) is 28.0 Å². The lowest BCUT2D eigenvalue weighted by Gasteiger charge is -2.30. The minimum atomic E-state index is -4.72. The zero-order valence-electron chi connectivity index (χ0n) is 16.9. The summed E-state index contributed by atoms with van der Waals surface area (Å²) < 4.78 is 42.8.